The Morgan fingerprint density at radius 3 is 0.841 bits per heavy atom. The number of hydrogen-bond acceptors (Lipinski definition) is 6. The number of carbonyl (C=O) groups is 3. The molecule has 0 amide bonds. The van der Waals surface area contributed by atoms with Gasteiger partial charge < -0.3 is 14.2 Å². The van der Waals surface area contributed by atoms with Crippen molar-refractivity contribution < 1.29 is 28.6 Å². The highest BCUT2D eigenvalue weighted by Crippen LogP contribution is 2.16. The number of carbonyl (C=O) groups excluding carboxylic acids is 3. The molecule has 6 heteroatoms. The molecule has 1 unspecified atom stereocenters. The number of ether oxygens (including phenoxy) is 3. The lowest BCUT2D eigenvalue weighted by Crippen LogP contribution is -2.30. The van der Waals surface area contributed by atoms with Crippen molar-refractivity contribution >= 4 is 17.9 Å². The Morgan fingerprint density at radius 2 is 0.522 bits per heavy atom. The van der Waals surface area contributed by atoms with Gasteiger partial charge in [0.2, 0.25) is 0 Å². The molecule has 0 N–H and O–H groups in total. The number of unbranched alkanes of at least 4 members (excludes halogenated alkanes) is 37. The normalized spacial score (nSPS) is 12.3. The summed E-state index contributed by atoms with van der Waals surface area (Å²) in [6.45, 7) is 6.63. The number of hydrogen-bond donors (Lipinski definition) is 0. The fourth-order valence-electron chi connectivity index (χ4n) is 8.72. The minimum Gasteiger partial charge on any atom is -0.462 e. The molecule has 0 spiro atoms. The maximum absolute atomic E-state index is 12.9. The van der Waals surface area contributed by atoms with E-state index >= 15 is 0 Å². The third kappa shape index (κ3) is 56.2. The lowest BCUT2D eigenvalue weighted by atomic mass is 10.1. The average Bonchev–Trinajstić information content (AvgIpc) is 3.35. The zero-order chi connectivity index (χ0) is 50.0. The number of rotatable bonds is 55. The first-order valence-corrected chi connectivity index (χ1v) is 30.2. The van der Waals surface area contributed by atoms with Gasteiger partial charge in [-0.25, -0.2) is 0 Å². The number of esters is 3. The molecule has 0 radical (unpaired) electrons. The quantitative estimate of drug-likeness (QED) is 0.0199. The molecule has 0 aliphatic carbocycles. The van der Waals surface area contributed by atoms with Gasteiger partial charge in [0, 0.05) is 19.3 Å². The summed E-state index contributed by atoms with van der Waals surface area (Å²) in [6, 6.07) is 0. The summed E-state index contributed by atoms with van der Waals surface area (Å²) >= 11 is 0. The zero-order valence-electron chi connectivity index (χ0n) is 46.1. The molecule has 0 aliphatic rings. The molecule has 0 aromatic heterocycles. The van der Waals surface area contributed by atoms with E-state index in [0.717, 1.165) is 64.2 Å². The average molecular weight is 968 g/mol. The highest BCUT2D eigenvalue weighted by molar-refractivity contribution is 5.71. The molecule has 0 aliphatic heterocycles. The van der Waals surface area contributed by atoms with Gasteiger partial charge in [-0.05, 0) is 96.3 Å². The van der Waals surface area contributed by atoms with Gasteiger partial charge in [0.05, 0.1) is 0 Å². The third-order valence-corrected chi connectivity index (χ3v) is 13.3. The van der Waals surface area contributed by atoms with Crippen molar-refractivity contribution in [3.8, 4) is 0 Å². The monoisotopic (exact) mass is 967 g/mol. The van der Waals surface area contributed by atoms with Gasteiger partial charge >= 0.3 is 17.9 Å². The van der Waals surface area contributed by atoms with Crippen LogP contribution in [-0.2, 0) is 28.6 Å². The van der Waals surface area contributed by atoms with Crippen LogP contribution in [0.15, 0.2) is 48.6 Å². The van der Waals surface area contributed by atoms with Crippen LogP contribution in [0.2, 0.25) is 0 Å². The van der Waals surface area contributed by atoms with Crippen molar-refractivity contribution in [2.45, 2.75) is 322 Å². The van der Waals surface area contributed by atoms with Crippen LogP contribution in [0.3, 0.4) is 0 Å². The molecule has 0 bridgehead atoms. The van der Waals surface area contributed by atoms with Crippen LogP contribution in [0.4, 0.5) is 0 Å². The number of allylic oxidation sites excluding steroid dienone is 8. The van der Waals surface area contributed by atoms with Crippen molar-refractivity contribution in [1.82, 2.24) is 0 Å². The second kappa shape index (κ2) is 57.9. The molecule has 0 saturated carbocycles. The van der Waals surface area contributed by atoms with Crippen molar-refractivity contribution in [3.63, 3.8) is 0 Å². The smallest absolute Gasteiger partial charge is 0.306 e. The molecule has 6 nitrogen and oxygen atoms in total. The zero-order valence-corrected chi connectivity index (χ0v) is 46.1. The van der Waals surface area contributed by atoms with E-state index in [2.05, 4.69) is 69.4 Å². The van der Waals surface area contributed by atoms with Gasteiger partial charge in [-0.15, -0.1) is 0 Å². The third-order valence-electron chi connectivity index (χ3n) is 13.3. The van der Waals surface area contributed by atoms with E-state index in [1.165, 1.54) is 212 Å². The van der Waals surface area contributed by atoms with Gasteiger partial charge in [-0.1, -0.05) is 249 Å². The maximum atomic E-state index is 12.9. The fourth-order valence-corrected chi connectivity index (χ4v) is 8.72. The summed E-state index contributed by atoms with van der Waals surface area (Å²) in [7, 11) is 0. The van der Waals surface area contributed by atoms with E-state index in [0.29, 0.717) is 19.3 Å². The minimum atomic E-state index is -0.782. The first kappa shape index (κ1) is 66.4. The summed E-state index contributed by atoms with van der Waals surface area (Å²) in [4.78, 5) is 38.2. The Morgan fingerprint density at radius 1 is 0.290 bits per heavy atom. The topological polar surface area (TPSA) is 78.9 Å². The largest absolute Gasteiger partial charge is 0.462 e. The molecule has 1 atom stereocenters. The van der Waals surface area contributed by atoms with Crippen LogP contribution >= 0.6 is 0 Å². The van der Waals surface area contributed by atoms with Crippen molar-refractivity contribution in [3.05, 3.63) is 48.6 Å². The SMILES string of the molecule is CCCCC/C=C\C=C/CCCCCCCCC(=O)OCC(COC(=O)CCCCCCCCC/C=C\CCCCCCCCCC)OC(=O)CCCCCCCCC/C=C\CCCCCCCC. The summed E-state index contributed by atoms with van der Waals surface area (Å²) in [5, 5.41) is 0. The van der Waals surface area contributed by atoms with E-state index < -0.39 is 6.10 Å². The van der Waals surface area contributed by atoms with Crippen molar-refractivity contribution in [2.24, 2.45) is 0 Å². The molecule has 0 fully saturated rings. The van der Waals surface area contributed by atoms with Crippen LogP contribution in [0.5, 0.6) is 0 Å². The molecular weight excluding hydrogens is 853 g/mol. The predicted molar refractivity (Wildman–Crippen MR) is 298 cm³/mol. The van der Waals surface area contributed by atoms with E-state index in [1.54, 1.807) is 0 Å². The Balaban J connectivity index is 4.37. The van der Waals surface area contributed by atoms with E-state index in [1.807, 2.05) is 0 Å². The van der Waals surface area contributed by atoms with Crippen LogP contribution in [-0.4, -0.2) is 37.2 Å². The van der Waals surface area contributed by atoms with Crippen molar-refractivity contribution in [2.75, 3.05) is 13.2 Å². The van der Waals surface area contributed by atoms with Crippen LogP contribution < -0.4 is 0 Å². The molecule has 0 aromatic rings. The molecule has 0 rings (SSSR count). The Bertz CT molecular complexity index is 1200. The van der Waals surface area contributed by atoms with Gasteiger partial charge in [0.1, 0.15) is 13.2 Å². The Labute approximate surface area is 428 Å². The van der Waals surface area contributed by atoms with Crippen LogP contribution in [0, 0.1) is 0 Å². The molecule has 0 aromatic carbocycles. The maximum Gasteiger partial charge on any atom is 0.306 e. The molecule has 0 heterocycles. The highest BCUT2D eigenvalue weighted by atomic mass is 16.6. The van der Waals surface area contributed by atoms with Crippen molar-refractivity contribution in [1.29, 1.82) is 0 Å². The summed E-state index contributed by atoms with van der Waals surface area (Å²) in [5.41, 5.74) is 0. The van der Waals surface area contributed by atoms with Crippen LogP contribution in [0.1, 0.15) is 316 Å². The standard InChI is InChI=1S/C63H114O6/c1-4-7-10-13-16-19-22-25-28-30-31-33-35-38-41-44-47-50-53-56-62(65)68-59-60(58-67-61(64)55-52-49-46-43-40-37-34-27-24-21-18-15-12-9-6-3)69-63(66)57-54-51-48-45-42-39-36-32-29-26-23-20-17-14-11-8-5-2/h18,21,24,26-27,29-31,60H,4-17,19-20,22-23,25,28,32-59H2,1-3H3/b21-18-,27-24-,29-26-,31-30-. The molecule has 402 valence electrons. The van der Waals surface area contributed by atoms with E-state index in [9.17, 15) is 14.4 Å². The van der Waals surface area contributed by atoms with Gasteiger partial charge in [0.15, 0.2) is 6.10 Å². The Hall–Kier alpha value is -2.63. The predicted octanol–water partition coefficient (Wildman–Crippen LogP) is 20.2. The first-order valence-electron chi connectivity index (χ1n) is 30.2. The van der Waals surface area contributed by atoms with Gasteiger partial charge in [-0.2, -0.15) is 0 Å². The highest BCUT2D eigenvalue weighted by Gasteiger charge is 2.19. The molecule has 69 heavy (non-hydrogen) atoms. The second-order valence-electron chi connectivity index (χ2n) is 20.3. The molecule has 0 saturated heterocycles. The summed E-state index contributed by atoms with van der Waals surface area (Å²) < 4.78 is 16.9. The second-order valence-corrected chi connectivity index (χ2v) is 20.3. The van der Waals surface area contributed by atoms with E-state index in [4.69, 9.17) is 14.2 Å². The first-order chi connectivity index (χ1) is 34.0. The fraction of sp³-hybridized carbons (Fsp3) is 0.825. The lowest BCUT2D eigenvalue weighted by Gasteiger charge is -2.18. The molecular formula is C63H114O6. The van der Waals surface area contributed by atoms with E-state index in [-0.39, 0.29) is 31.1 Å². The summed E-state index contributed by atoms with van der Waals surface area (Å²) in [6.07, 6.45) is 71.0. The Kier molecular flexibility index (Phi) is 55.7. The van der Waals surface area contributed by atoms with Gasteiger partial charge in [0.25, 0.3) is 0 Å². The minimum absolute atomic E-state index is 0.0793. The lowest BCUT2D eigenvalue weighted by molar-refractivity contribution is -0.167. The van der Waals surface area contributed by atoms with Gasteiger partial charge in [-0.3, -0.25) is 14.4 Å². The summed E-state index contributed by atoms with van der Waals surface area (Å²) in [5.74, 6) is -0.884. The van der Waals surface area contributed by atoms with Crippen LogP contribution in [0.25, 0.3) is 0 Å².